The zero-order valence-corrected chi connectivity index (χ0v) is 16.9. The molecule has 0 saturated carbocycles. The number of nitrogens with two attached hydrogens (primary N) is 1. The number of carbonyl (C=O) groups is 2. The van der Waals surface area contributed by atoms with Crippen LogP contribution in [0, 0.1) is 20.8 Å². The number of aryl methyl sites for hydroxylation is 3. The lowest BCUT2D eigenvalue weighted by atomic mass is 10.1. The highest BCUT2D eigenvalue weighted by Gasteiger charge is 2.21. The summed E-state index contributed by atoms with van der Waals surface area (Å²) < 4.78 is 5.21. The third kappa shape index (κ3) is 4.71. The Labute approximate surface area is 164 Å². The second-order valence-corrected chi connectivity index (χ2v) is 6.96. The molecular formula is C20H24ClN3O3. The SMILES string of the molecule is COc1cc(N)c(Cl)cc1C(=O)N(C)CC(=O)Nc1c(C)cc(C)cc1C. The standard InChI is InChI=1S/C20H24ClN3O3/c1-11-6-12(2)19(13(3)7-11)23-18(25)10-24(4)20(26)14-8-15(21)16(22)9-17(14)27-5/h6-9H,10,22H2,1-5H3,(H,23,25). The Morgan fingerprint density at radius 3 is 2.30 bits per heavy atom. The number of methoxy groups -OCH3 is 1. The van der Waals surface area contributed by atoms with Gasteiger partial charge in [-0.25, -0.2) is 0 Å². The smallest absolute Gasteiger partial charge is 0.257 e. The molecule has 6 nitrogen and oxygen atoms in total. The van der Waals surface area contributed by atoms with Crippen LogP contribution < -0.4 is 15.8 Å². The molecule has 0 aliphatic carbocycles. The van der Waals surface area contributed by atoms with Gasteiger partial charge in [-0.2, -0.15) is 0 Å². The van der Waals surface area contributed by atoms with Crippen molar-refractivity contribution >= 4 is 34.8 Å². The lowest BCUT2D eigenvalue weighted by Gasteiger charge is -2.20. The molecule has 2 rings (SSSR count). The van der Waals surface area contributed by atoms with Gasteiger partial charge in [0.05, 0.1) is 29.9 Å². The Hall–Kier alpha value is -2.73. The first kappa shape index (κ1) is 20.6. The molecule has 2 amide bonds. The molecular weight excluding hydrogens is 366 g/mol. The number of nitrogens with zero attached hydrogens (tertiary/aromatic N) is 1. The monoisotopic (exact) mass is 389 g/mol. The van der Waals surface area contributed by atoms with Gasteiger partial charge in [0, 0.05) is 18.8 Å². The number of halogens is 1. The molecule has 0 aliphatic rings. The van der Waals surface area contributed by atoms with E-state index in [0.29, 0.717) is 11.4 Å². The molecule has 0 aromatic heterocycles. The number of hydrogen-bond acceptors (Lipinski definition) is 4. The third-order valence-corrected chi connectivity index (χ3v) is 4.55. The molecule has 2 aromatic rings. The molecule has 0 fully saturated rings. The first-order valence-electron chi connectivity index (χ1n) is 8.40. The predicted octanol–water partition coefficient (Wildman–Crippen LogP) is 3.57. The Kier molecular flexibility index (Phi) is 6.33. The number of likely N-dealkylation sites (N-methyl/N-ethyl adjacent to an activating group) is 1. The minimum atomic E-state index is -0.388. The van der Waals surface area contributed by atoms with E-state index in [1.807, 2.05) is 32.9 Å². The quantitative estimate of drug-likeness (QED) is 0.765. The second-order valence-electron chi connectivity index (χ2n) is 6.56. The lowest BCUT2D eigenvalue weighted by molar-refractivity contribution is -0.116. The fraction of sp³-hybridized carbons (Fsp3) is 0.300. The van der Waals surface area contributed by atoms with Crippen molar-refractivity contribution in [3.8, 4) is 5.75 Å². The molecule has 0 radical (unpaired) electrons. The van der Waals surface area contributed by atoms with Gasteiger partial charge in [0.15, 0.2) is 0 Å². The molecule has 2 aromatic carbocycles. The van der Waals surface area contributed by atoms with Crippen LogP contribution in [0.5, 0.6) is 5.75 Å². The molecule has 27 heavy (non-hydrogen) atoms. The zero-order chi connectivity index (χ0) is 20.3. The summed E-state index contributed by atoms with van der Waals surface area (Å²) in [5.41, 5.74) is 10.1. The van der Waals surface area contributed by atoms with Crippen molar-refractivity contribution in [2.24, 2.45) is 0 Å². The first-order chi connectivity index (χ1) is 12.6. The second kappa shape index (κ2) is 8.31. The van der Waals surface area contributed by atoms with E-state index in [2.05, 4.69) is 5.32 Å². The van der Waals surface area contributed by atoms with Crippen molar-refractivity contribution in [1.82, 2.24) is 4.90 Å². The van der Waals surface area contributed by atoms with E-state index in [9.17, 15) is 9.59 Å². The van der Waals surface area contributed by atoms with Crippen LogP contribution in [-0.2, 0) is 4.79 Å². The Morgan fingerprint density at radius 2 is 1.74 bits per heavy atom. The van der Waals surface area contributed by atoms with E-state index < -0.39 is 0 Å². The van der Waals surface area contributed by atoms with Gasteiger partial charge in [0.25, 0.3) is 5.91 Å². The highest BCUT2D eigenvalue weighted by Crippen LogP contribution is 2.29. The lowest BCUT2D eigenvalue weighted by Crippen LogP contribution is -2.35. The van der Waals surface area contributed by atoms with E-state index in [4.69, 9.17) is 22.1 Å². The largest absolute Gasteiger partial charge is 0.496 e. The maximum atomic E-state index is 12.7. The average Bonchev–Trinajstić information content (AvgIpc) is 2.59. The van der Waals surface area contributed by atoms with Crippen LogP contribution in [0.3, 0.4) is 0 Å². The van der Waals surface area contributed by atoms with Crippen LogP contribution >= 0.6 is 11.6 Å². The molecule has 0 aliphatic heterocycles. The maximum absolute atomic E-state index is 12.7. The molecule has 7 heteroatoms. The number of amides is 2. The van der Waals surface area contributed by atoms with E-state index in [-0.39, 0.29) is 28.9 Å². The fourth-order valence-corrected chi connectivity index (χ4v) is 3.12. The van der Waals surface area contributed by atoms with Gasteiger partial charge >= 0.3 is 0 Å². The summed E-state index contributed by atoms with van der Waals surface area (Å²) in [5.74, 6) is -0.373. The summed E-state index contributed by atoms with van der Waals surface area (Å²) in [6.07, 6.45) is 0. The summed E-state index contributed by atoms with van der Waals surface area (Å²) in [4.78, 5) is 26.5. The number of anilines is 2. The molecule has 0 heterocycles. The number of rotatable bonds is 5. The van der Waals surface area contributed by atoms with Crippen LogP contribution in [0.4, 0.5) is 11.4 Å². The average molecular weight is 390 g/mol. The zero-order valence-electron chi connectivity index (χ0n) is 16.1. The number of nitrogens with one attached hydrogen (secondary N) is 1. The number of ether oxygens (including phenoxy) is 1. The molecule has 3 N–H and O–H groups in total. The summed E-state index contributed by atoms with van der Waals surface area (Å²) in [5, 5.41) is 3.13. The van der Waals surface area contributed by atoms with Gasteiger partial charge in [-0.1, -0.05) is 29.3 Å². The van der Waals surface area contributed by atoms with Crippen LogP contribution in [-0.4, -0.2) is 37.4 Å². The molecule has 0 bridgehead atoms. The number of hydrogen-bond donors (Lipinski definition) is 2. The third-order valence-electron chi connectivity index (χ3n) is 4.22. The molecule has 0 spiro atoms. The minimum Gasteiger partial charge on any atom is -0.496 e. The van der Waals surface area contributed by atoms with E-state index >= 15 is 0 Å². The van der Waals surface area contributed by atoms with Crippen molar-refractivity contribution in [3.05, 3.63) is 51.5 Å². The fourth-order valence-electron chi connectivity index (χ4n) is 2.95. The van der Waals surface area contributed by atoms with Crippen LogP contribution in [0.15, 0.2) is 24.3 Å². The molecule has 0 saturated heterocycles. The van der Waals surface area contributed by atoms with Gasteiger partial charge in [-0.05, 0) is 38.0 Å². The van der Waals surface area contributed by atoms with E-state index in [0.717, 1.165) is 22.4 Å². The van der Waals surface area contributed by atoms with Gasteiger partial charge in [-0.15, -0.1) is 0 Å². The number of carbonyl (C=O) groups excluding carboxylic acids is 2. The molecule has 0 unspecified atom stereocenters. The van der Waals surface area contributed by atoms with Crippen molar-refractivity contribution in [2.75, 3.05) is 31.8 Å². The summed E-state index contributed by atoms with van der Waals surface area (Å²) >= 11 is 6.02. The Balaban J connectivity index is 2.15. The van der Waals surface area contributed by atoms with E-state index in [1.165, 1.54) is 24.1 Å². The topological polar surface area (TPSA) is 84.7 Å². The van der Waals surface area contributed by atoms with Crippen LogP contribution in [0.25, 0.3) is 0 Å². The Morgan fingerprint density at radius 1 is 1.15 bits per heavy atom. The highest BCUT2D eigenvalue weighted by atomic mass is 35.5. The van der Waals surface area contributed by atoms with Crippen LogP contribution in [0.2, 0.25) is 5.02 Å². The van der Waals surface area contributed by atoms with Gasteiger partial charge < -0.3 is 20.7 Å². The van der Waals surface area contributed by atoms with Gasteiger partial charge in [0.2, 0.25) is 5.91 Å². The summed E-state index contributed by atoms with van der Waals surface area (Å²) in [6, 6.07) is 6.93. The van der Waals surface area contributed by atoms with Crippen molar-refractivity contribution in [1.29, 1.82) is 0 Å². The van der Waals surface area contributed by atoms with E-state index in [1.54, 1.807) is 7.05 Å². The predicted molar refractivity (Wildman–Crippen MR) is 109 cm³/mol. The van der Waals surface area contributed by atoms with Crippen LogP contribution in [0.1, 0.15) is 27.0 Å². The number of benzene rings is 2. The van der Waals surface area contributed by atoms with Crippen molar-refractivity contribution in [2.45, 2.75) is 20.8 Å². The first-order valence-corrected chi connectivity index (χ1v) is 8.78. The minimum absolute atomic E-state index is 0.114. The molecule has 0 atom stereocenters. The summed E-state index contributed by atoms with van der Waals surface area (Å²) in [7, 11) is 2.98. The number of nitrogen functional groups attached to an aromatic ring is 1. The normalized spacial score (nSPS) is 10.4. The van der Waals surface area contributed by atoms with Gasteiger partial charge in [-0.3, -0.25) is 9.59 Å². The summed E-state index contributed by atoms with van der Waals surface area (Å²) in [6.45, 7) is 5.76. The van der Waals surface area contributed by atoms with Gasteiger partial charge in [0.1, 0.15) is 5.75 Å². The van der Waals surface area contributed by atoms with Crippen molar-refractivity contribution in [3.63, 3.8) is 0 Å². The van der Waals surface area contributed by atoms with Crippen molar-refractivity contribution < 1.29 is 14.3 Å². The maximum Gasteiger partial charge on any atom is 0.257 e. The highest BCUT2D eigenvalue weighted by molar-refractivity contribution is 6.33. The molecule has 144 valence electrons. The Bertz CT molecular complexity index is 873.